The van der Waals surface area contributed by atoms with Gasteiger partial charge in [0.05, 0.1) is 22.0 Å². The normalized spacial score (nSPS) is 14.5. The number of thiophene rings is 1. The highest BCUT2D eigenvalue weighted by Gasteiger charge is 2.24. The zero-order valence-electron chi connectivity index (χ0n) is 19.0. The van der Waals surface area contributed by atoms with Gasteiger partial charge in [-0.1, -0.05) is 26.2 Å². The lowest BCUT2D eigenvalue weighted by atomic mass is 9.95. The molecule has 5 nitrogen and oxygen atoms in total. The van der Waals surface area contributed by atoms with Gasteiger partial charge in [0.2, 0.25) is 0 Å². The third kappa shape index (κ3) is 4.52. The molecule has 33 heavy (non-hydrogen) atoms. The van der Waals surface area contributed by atoms with E-state index in [4.69, 9.17) is 4.98 Å². The van der Waals surface area contributed by atoms with Gasteiger partial charge in [-0.05, 0) is 61.9 Å². The van der Waals surface area contributed by atoms with Crippen LogP contribution in [0.25, 0.3) is 27.0 Å². The lowest BCUT2D eigenvalue weighted by Gasteiger charge is -2.22. The number of hydrogen-bond acceptors (Lipinski definition) is 5. The van der Waals surface area contributed by atoms with Gasteiger partial charge in [-0.25, -0.2) is 4.98 Å². The molecular formula is C26H28N4OS2. The molecular weight excluding hydrogens is 448 g/mol. The first-order valence-corrected chi connectivity index (χ1v) is 13.4. The van der Waals surface area contributed by atoms with E-state index in [-0.39, 0.29) is 11.9 Å². The highest BCUT2D eigenvalue weighted by atomic mass is 32.1. The van der Waals surface area contributed by atoms with Gasteiger partial charge in [0, 0.05) is 34.6 Å². The first-order chi connectivity index (χ1) is 16.1. The number of aryl methyl sites for hydroxylation is 1. The Balaban J connectivity index is 1.52. The molecule has 0 spiro atoms. The summed E-state index contributed by atoms with van der Waals surface area (Å²) < 4.78 is 2.17. The second kappa shape index (κ2) is 9.61. The van der Waals surface area contributed by atoms with Gasteiger partial charge in [0.15, 0.2) is 0 Å². The van der Waals surface area contributed by atoms with E-state index in [1.54, 1.807) is 22.7 Å². The molecule has 1 aliphatic carbocycles. The largest absolute Gasteiger partial charge is 0.349 e. The monoisotopic (exact) mass is 476 g/mol. The maximum absolute atomic E-state index is 13.3. The number of aromatic nitrogens is 3. The summed E-state index contributed by atoms with van der Waals surface area (Å²) >= 11 is 3.29. The smallest absolute Gasteiger partial charge is 0.253 e. The van der Waals surface area contributed by atoms with Gasteiger partial charge in [0.25, 0.3) is 5.91 Å². The number of rotatable bonds is 6. The van der Waals surface area contributed by atoms with Crippen molar-refractivity contribution in [2.24, 2.45) is 0 Å². The molecule has 170 valence electrons. The fourth-order valence-electron chi connectivity index (χ4n) is 4.54. The maximum Gasteiger partial charge on any atom is 0.253 e. The highest BCUT2D eigenvalue weighted by Crippen LogP contribution is 2.34. The third-order valence-corrected chi connectivity index (χ3v) is 8.10. The first-order valence-electron chi connectivity index (χ1n) is 11.6. The number of pyridine rings is 1. The zero-order chi connectivity index (χ0) is 22.8. The van der Waals surface area contributed by atoms with Crippen molar-refractivity contribution in [1.29, 1.82) is 0 Å². The Labute approximate surface area is 202 Å². The Kier molecular flexibility index (Phi) is 6.42. The van der Waals surface area contributed by atoms with Gasteiger partial charge >= 0.3 is 0 Å². The molecule has 0 saturated heterocycles. The van der Waals surface area contributed by atoms with Gasteiger partial charge < -0.3 is 9.88 Å². The second-order valence-corrected chi connectivity index (χ2v) is 10.3. The van der Waals surface area contributed by atoms with Gasteiger partial charge in [-0.3, -0.25) is 9.78 Å². The molecule has 0 bridgehead atoms. The average Bonchev–Trinajstić information content (AvgIpc) is 3.59. The lowest BCUT2D eigenvalue weighted by Crippen LogP contribution is -2.36. The molecule has 7 heteroatoms. The summed E-state index contributed by atoms with van der Waals surface area (Å²) in [5, 5.41) is 9.49. The molecule has 1 fully saturated rings. The highest BCUT2D eigenvalue weighted by molar-refractivity contribution is 7.13. The number of carbonyl (C=O) groups excluding carboxylic acids is 1. The summed E-state index contributed by atoms with van der Waals surface area (Å²) in [6.45, 7) is 4.14. The predicted molar refractivity (Wildman–Crippen MR) is 136 cm³/mol. The summed E-state index contributed by atoms with van der Waals surface area (Å²) in [5.41, 5.74) is 5.67. The van der Waals surface area contributed by atoms with Crippen LogP contribution in [0.5, 0.6) is 0 Å². The maximum atomic E-state index is 13.3. The van der Waals surface area contributed by atoms with Crippen molar-refractivity contribution in [3.05, 3.63) is 64.2 Å². The molecule has 0 atom stereocenters. The van der Waals surface area contributed by atoms with Crippen molar-refractivity contribution in [3.63, 3.8) is 0 Å². The summed E-state index contributed by atoms with van der Waals surface area (Å²) in [6.07, 6.45) is 8.55. The van der Waals surface area contributed by atoms with Crippen LogP contribution in [0, 0.1) is 6.92 Å². The van der Waals surface area contributed by atoms with Gasteiger partial charge in [-0.2, -0.15) is 0 Å². The van der Waals surface area contributed by atoms with Crippen molar-refractivity contribution in [2.45, 2.75) is 58.4 Å². The quantitative estimate of drug-likeness (QED) is 0.339. The van der Waals surface area contributed by atoms with Crippen molar-refractivity contribution in [3.8, 4) is 27.0 Å². The number of amides is 1. The number of hydrogen-bond donors (Lipinski definition) is 1. The first kappa shape index (κ1) is 22.0. The van der Waals surface area contributed by atoms with E-state index in [9.17, 15) is 4.79 Å². The fraction of sp³-hybridized carbons (Fsp3) is 0.346. The fourth-order valence-corrected chi connectivity index (χ4v) is 6.15. The number of nitrogens with zero attached hydrogens (tertiary/aromatic N) is 3. The Bertz CT molecular complexity index is 1250. The molecule has 1 amide bonds. The SMILES string of the molecule is CCc1cc(-c2nc(-c3cc(C(=O)NC4CCCCC4)c(C)n3-c3cccs3)cs2)ccn1. The van der Waals surface area contributed by atoms with E-state index in [2.05, 4.69) is 44.7 Å². The molecule has 4 heterocycles. The Hall–Kier alpha value is -2.77. The van der Waals surface area contributed by atoms with Gasteiger partial charge in [-0.15, -0.1) is 22.7 Å². The summed E-state index contributed by atoms with van der Waals surface area (Å²) in [4.78, 5) is 22.6. The summed E-state index contributed by atoms with van der Waals surface area (Å²) in [7, 11) is 0. The van der Waals surface area contributed by atoms with Crippen LogP contribution in [0.2, 0.25) is 0 Å². The third-order valence-electron chi connectivity index (χ3n) is 6.35. The van der Waals surface area contributed by atoms with Crippen molar-refractivity contribution in [1.82, 2.24) is 19.9 Å². The zero-order valence-corrected chi connectivity index (χ0v) is 20.6. The molecule has 0 aromatic carbocycles. The second-order valence-electron chi connectivity index (χ2n) is 8.55. The van der Waals surface area contributed by atoms with E-state index >= 15 is 0 Å². The predicted octanol–water partition coefficient (Wildman–Crippen LogP) is 6.66. The minimum absolute atomic E-state index is 0.0214. The molecule has 0 aliphatic heterocycles. The number of carbonyl (C=O) groups is 1. The summed E-state index contributed by atoms with van der Waals surface area (Å²) in [5.74, 6) is 0.0214. The van der Waals surface area contributed by atoms with Crippen molar-refractivity contribution < 1.29 is 4.79 Å². The van der Waals surface area contributed by atoms with E-state index in [1.807, 2.05) is 31.3 Å². The lowest BCUT2D eigenvalue weighted by molar-refractivity contribution is 0.0927. The molecule has 4 aromatic rings. The molecule has 0 unspecified atom stereocenters. The van der Waals surface area contributed by atoms with Gasteiger partial charge in [0.1, 0.15) is 5.01 Å². The standard InChI is InChI=1S/C26H28N4OS2/c1-3-19-14-18(11-12-27-19)26-29-22(16-33-26)23-15-21(17(2)30(23)24-10-7-13-32-24)25(31)28-20-8-5-4-6-9-20/h7,10-16,20H,3-6,8-9H2,1-2H3,(H,28,31). The number of nitrogens with one attached hydrogen (secondary N) is 1. The van der Waals surface area contributed by atoms with E-state index in [0.717, 1.165) is 63.2 Å². The van der Waals surface area contributed by atoms with Crippen LogP contribution in [0.1, 0.15) is 60.8 Å². The molecule has 5 rings (SSSR count). The Morgan fingerprint density at radius 3 is 2.79 bits per heavy atom. The molecule has 1 aliphatic rings. The summed E-state index contributed by atoms with van der Waals surface area (Å²) in [6, 6.07) is 10.5. The Morgan fingerprint density at radius 2 is 2.03 bits per heavy atom. The van der Waals surface area contributed by atoms with Crippen molar-refractivity contribution >= 4 is 28.6 Å². The minimum atomic E-state index is 0.0214. The molecule has 4 aromatic heterocycles. The minimum Gasteiger partial charge on any atom is -0.349 e. The Morgan fingerprint density at radius 1 is 1.18 bits per heavy atom. The van der Waals surface area contributed by atoms with Crippen LogP contribution in [0.15, 0.2) is 47.3 Å². The van der Waals surface area contributed by atoms with Crippen LogP contribution in [-0.4, -0.2) is 26.5 Å². The average molecular weight is 477 g/mol. The topological polar surface area (TPSA) is 59.8 Å². The van der Waals surface area contributed by atoms with Crippen LogP contribution < -0.4 is 5.32 Å². The molecule has 0 radical (unpaired) electrons. The molecule has 1 N–H and O–H groups in total. The van der Waals surface area contributed by atoms with E-state index < -0.39 is 0 Å². The number of thiazole rings is 1. The van der Waals surface area contributed by atoms with Crippen molar-refractivity contribution in [2.75, 3.05) is 0 Å². The molecule has 1 saturated carbocycles. The van der Waals surface area contributed by atoms with E-state index in [1.165, 1.54) is 19.3 Å². The van der Waals surface area contributed by atoms with E-state index in [0.29, 0.717) is 0 Å². The van der Waals surface area contributed by atoms with Crippen LogP contribution >= 0.6 is 22.7 Å². The van der Waals surface area contributed by atoms with Crippen LogP contribution in [-0.2, 0) is 6.42 Å². The van der Waals surface area contributed by atoms with Crippen LogP contribution in [0.3, 0.4) is 0 Å². The van der Waals surface area contributed by atoms with Crippen LogP contribution in [0.4, 0.5) is 0 Å².